The van der Waals surface area contributed by atoms with E-state index in [9.17, 15) is 14.7 Å². The molecule has 1 fully saturated rings. The number of rotatable bonds is 4. The lowest BCUT2D eigenvalue weighted by molar-refractivity contribution is -0.153. The topological polar surface area (TPSA) is 78.4 Å². The summed E-state index contributed by atoms with van der Waals surface area (Å²) < 4.78 is 0. The van der Waals surface area contributed by atoms with Gasteiger partial charge >= 0.3 is 12.0 Å². The number of aryl methyl sites for hydroxylation is 2. The second kappa shape index (κ2) is 5.53. The molecule has 0 saturated heterocycles. The quantitative estimate of drug-likeness (QED) is 0.791. The number of urea groups is 1. The van der Waals surface area contributed by atoms with Gasteiger partial charge in [0.05, 0.1) is 5.41 Å². The third kappa shape index (κ3) is 2.92. The molecule has 0 heterocycles. The van der Waals surface area contributed by atoms with Gasteiger partial charge in [-0.05, 0) is 43.9 Å². The summed E-state index contributed by atoms with van der Waals surface area (Å²) in [7, 11) is 0. The van der Waals surface area contributed by atoms with Crippen molar-refractivity contribution in [1.29, 1.82) is 0 Å². The van der Waals surface area contributed by atoms with Crippen molar-refractivity contribution in [1.82, 2.24) is 5.32 Å². The summed E-state index contributed by atoms with van der Waals surface area (Å²) in [5.41, 5.74) is 2.02. The maximum atomic E-state index is 11.9. The molecule has 0 aromatic heterocycles. The molecule has 108 valence electrons. The zero-order valence-electron chi connectivity index (χ0n) is 11.8. The maximum Gasteiger partial charge on any atom is 0.319 e. The number of carbonyl (C=O) groups is 2. The summed E-state index contributed by atoms with van der Waals surface area (Å²) >= 11 is 0. The first-order valence-electron chi connectivity index (χ1n) is 6.78. The molecule has 20 heavy (non-hydrogen) atoms. The Kier molecular flexibility index (Phi) is 3.97. The number of carboxylic acids is 1. The van der Waals surface area contributed by atoms with Gasteiger partial charge in [-0.3, -0.25) is 4.79 Å². The molecule has 5 heteroatoms. The predicted molar refractivity (Wildman–Crippen MR) is 76.9 cm³/mol. The largest absolute Gasteiger partial charge is 0.481 e. The predicted octanol–water partition coefficient (Wildman–Crippen LogP) is 2.68. The fourth-order valence-corrected chi connectivity index (χ4v) is 2.36. The fraction of sp³-hybridized carbons (Fsp3) is 0.467. The Labute approximate surface area is 118 Å². The van der Waals surface area contributed by atoms with Crippen LogP contribution in [0.25, 0.3) is 0 Å². The SMILES string of the molecule is Cc1ccc(C)c(NC(=O)NCC2(C(=O)O)CCC2)c1. The van der Waals surface area contributed by atoms with E-state index >= 15 is 0 Å². The van der Waals surface area contributed by atoms with E-state index in [0.717, 1.165) is 23.2 Å². The van der Waals surface area contributed by atoms with Gasteiger partial charge in [-0.1, -0.05) is 18.6 Å². The third-order valence-corrected chi connectivity index (χ3v) is 3.99. The molecular weight excluding hydrogens is 256 g/mol. The second-order valence-electron chi connectivity index (χ2n) is 5.57. The monoisotopic (exact) mass is 276 g/mol. The normalized spacial score (nSPS) is 16.1. The number of anilines is 1. The fourth-order valence-electron chi connectivity index (χ4n) is 2.36. The van der Waals surface area contributed by atoms with Gasteiger partial charge < -0.3 is 15.7 Å². The molecule has 2 amide bonds. The van der Waals surface area contributed by atoms with Crippen LogP contribution < -0.4 is 10.6 Å². The molecule has 2 rings (SSSR count). The van der Waals surface area contributed by atoms with Crippen LogP contribution in [0.3, 0.4) is 0 Å². The molecule has 1 saturated carbocycles. The van der Waals surface area contributed by atoms with Crippen LogP contribution in [0, 0.1) is 19.3 Å². The molecular formula is C15H20N2O3. The van der Waals surface area contributed by atoms with Crippen LogP contribution in [0.5, 0.6) is 0 Å². The van der Waals surface area contributed by atoms with Gasteiger partial charge in [0.2, 0.25) is 0 Å². The minimum Gasteiger partial charge on any atom is -0.481 e. The molecule has 0 aliphatic heterocycles. The Morgan fingerprint density at radius 3 is 2.55 bits per heavy atom. The first-order valence-corrected chi connectivity index (χ1v) is 6.78. The lowest BCUT2D eigenvalue weighted by Crippen LogP contribution is -2.48. The van der Waals surface area contributed by atoms with Gasteiger partial charge in [0, 0.05) is 12.2 Å². The standard InChI is InChI=1S/C15H20N2O3/c1-10-4-5-11(2)12(8-10)17-14(20)16-9-15(13(18)19)6-3-7-15/h4-5,8H,3,6-7,9H2,1-2H3,(H,18,19)(H2,16,17,20). The van der Waals surface area contributed by atoms with E-state index in [1.54, 1.807) is 0 Å². The molecule has 1 aromatic rings. The molecule has 1 aliphatic rings. The molecule has 0 radical (unpaired) electrons. The number of carbonyl (C=O) groups excluding carboxylic acids is 1. The summed E-state index contributed by atoms with van der Waals surface area (Å²) in [5, 5.41) is 14.6. The highest BCUT2D eigenvalue weighted by atomic mass is 16.4. The smallest absolute Gasteiger partial charge is 0.319 e. The van der Waals surface area contributed by atoms with Crippen molar-refractivity contribution < 1.29 is 14.7 Å². The highest BCUT2D eigenvalue weighted by molar-refractivity contribution is 5.90. The zero-order valence-corrected chi connectivity index (χ0v) is 11.8. The molecule has 1 aliphatic carbocycles. The number of aliphatic carboxylic acids is 1. The summed E-state index contributed by atoms with van der Waals surface area (Å²) in [6.07, 6.45) is 2.17. The van der Waals surface area contributed by atoms with E-state index in [2.05, 4.69) is 10.6 Å². The van der Waals surface area contributed by atoms with Crippen LogP contribution in [0.1, 0.15) is 30.4 Å². The van der Waals surface area contributed by atoms with Crippen molar-refractivity contribution >= 4 is 17.7 Å². The minimum atomic E-state index is -0.823. The Hall–Kier alpha value is -2.04. The van der Waals surface area contributed by atoms with E-state index in [0.29, 0.717) is 12.8 Å². The first-order chi connectivity index (χ1) is 9.43. The summed E-state index contributed by atoms with van der Waals surface area (Å²) in [4.78, 5) is 23.1. The molecule has 0 unspecified atom stereocenters. The van der Waals surface area contributed by atoms with Crippen molar-refractivity contribution in [2.45, 2.75) is 33.1 Å². The average Bonchev–Trinajstić information content (AvgIpc) is 2.32. The van der Waals surface area contributed by atoms with Gasteiger partial charge in [-0.25, -0.2) is 4.79 Å². The van der Waals surface area contributed by atoms with Crippen molar-refractivity contribution in [3.8, 4) is 0 Å². The van der Waals surface area contributed by atoms with Crippen LogP contribution in [0.4, 0.5) is 10.5 Å². The lowest BCUT2D eigenvalue weighted by Gasteiger charge is -2.37. The van der Waals surface area contributed by atoms with Gasteiger partial charge in [-0.15, -0.1) is 0 Å². The molecule has 0 spiro atoms. The molecule has 3 N–H and O–H groups in total. The zero-order chi connectivity index (χ0) is 14.8. The van der Waals surface area contributed by atoms with E-state index < -0.39 is 11.4 Å². The van der Waals surface area contributed by atoms with E-state index in [-0.39, 0.29) is 12.6 Å². The van der Waals surface area contributed by atoms with Crippen LogP contribution in [0.15, 0.2) is 18.2 Å². The average molecular weight is 276 g/mol. The van der Waals surface area contributed by atoms with E-state index in [4.69, 9.17) is 0 Å². The second-order valence-corrected chi connectivity index (χ2v) is 5.57. The third-order valence-electron chi connectivity index (χ3n) is 3.99. The first kappa shape index (κ1) is 14.4. The number of nitrogens with one attached hydrogen (secondary N) is 2. The Morgan fingerprint density at radius 1 is 1.30 bits per heavy atom. The van der Waals surface area contributed by atoms with Crippen molar-refractivity contribution in [3.05, 3.63) is 29.3 Å². The van der Waals surface area contributed by atoms with Gasteiger partial charge in [0.1, 0.15) is 0 Å². The van der Waals surface area contributed by atoms with Gasteiger partial charge in [-0.2, -0.15) is 0 Å². The van der Waals surface area contributed by atoms with Crippen LogP contribution in [0.2, 0.25) is 0 Å². The van der Waals surface area contributed by atoms with Crippen LogP contribution in [-0.4, -0.2) is 23.7 Å². The van der Waals surface area contributed by atoms with Crippen molar-refractivity contribution in [2.75, 3.05) is 11.9 Å². The summed E-state index contributed by atoms with van der Waals surface area (Å²) in [6.45, 7) is 4.05. The Balaban J connectivity index is 1.93. The van der Waals surface area contributed by atoms with Crippen LogP contribution >= 0.6 is 0 Å². The summed E-state index contributed by atoms with van der Waals surface area (Å²) in [6, 6.07) is 5.46. The highest BCUT2D eigenvalue weighted by Crippen LogP contribution is 2.40. The van der Waals surface area contributed by atoms with Crippen molar-refractivity contribution in [3.63, 3.8) is 0 Å². The van der Waals surface area contributed by atoms with Crippen LogP contribution in [-0.2, 0) is 4.79 Å². The Morgan fingerprint density at radius 2 is 2.00 bits per heavy atom. The molecule has 5 nitrogen and oxygen atoms in total. The number of hydrogen-bond donors (Lipinski definition) is 3. The molecule has 1 aromatic carbocycles. The molecule has 0 bridgehead atoms. The minimum absolute atomic E-state index is 0.180. The van der Waals surface area contributed by atoms with Crippen molar-refractivity contribution in [2.24, 2.45) is 5.41 Å². The summed E-state index contributed by atoms with van der Waals surface area (Å²) in [5.74, 6) is -0.823. The van der Waals surface area contributed by atoms with Gasteiger partial charge in [0.25, 0.3) is 0 Å². The Bertz CT molecular complexity index is 536. The number of benzene rings is 1. The highest BCUT2D eigenvalue weighted by Gasteiger charge is 2.44. The maximum absolute atomic E-state index is 11.9. The van der Waals surface area contributed by atoms with E-state index in [1.807, 2.05) is 32.0 Å². The number of amides is 2. The number of hydrogen-bond acceptors (Lipinski definition) is 2. The molecule has 0 atom stereocenters. The van der Waals surface area contributed by atoms with Gasteiger partial charge in [0.15, 0.2) is 0 Å². The number of carboxylic acid groups (broad SMARTS) is 1. The van der Waals surface area contributed by atoms with E-state index in [1.165, 1.54) is 0 Å². The lowest BCUT2D eigenvalue weighted by atomic mass is 9.69.